The van der Waals surface area contributed by atoms with Gasteiger partial charge in [-0.1, -0.05) is 47.7 Å². The fourth-order valence-corrected chi connectivity index (χ4v) is 2.18. The molecule has 1 aromatic heterocycles. The van der Waals surface area contributed by atoms with Crippen LogP contribution in [0.2, 0.25) is 0 Å². The van der Waals surface area contributed by atoms with Gasteiger partial charge in [0.05, 0.1) is 25.5 Å². The van der Waals surface area contributed by atoms with Crippen molar-refractivity contribution in [2.45, 2.75) is 6.54 Å². The molecule has 0 aliphatic rings. The van der Waals surface area contributed by atoms with E-state index in [1.807, 2.05) is 42.5 Å². The molecule has 0 aliphatic carbocycles. The summed E-state index contributed by atoms with van der Waals surface area (Å²) >= 11 is 0. The number of para-hydroxylation sites is 2. The van der Waals surface area contributed by atoms with Gasteiger partial charge in [-0.2, -0.15) is 0 Å². The molecule has 23 heavy (non-hydrogen) atoms. The number of benzene rings is 2. The van der Waals surface area contributed by atoms with Crippen LogP contribution < -0.4 is 10.1 Å². The van der Waals surface area contributed by atoms with Crippen LogP contribution in [0.1, 0.15) is 16.1 Å². The average molecular weight is 308 g/mol. The van der Waals surface area contributed by atoms with Crippen LogP contribution in [0.5, 0.6) is 5.75 Å². The van der Waals surface area contributed by atoms with Crippen LogP contribution in [-0.4, -0.2) is 28.0 Å². The number of carbonyl (C=O) groups excluding carboxylic acids is 1. The van der Waals surface area contributed by atoms with Crippen molar-refractivity contribution in [3.63, 3.8) is 0 Å². The van der Waals surface area contributed by atoms with Gasteiger partial charge in [-0.25, -0.2) is 4.68 Å². The Morgan fingerprint density at radius 3 is 2.65 bits per heavy atom. The lowest BCUT2D eigenvalue weighted by atomic mass is 10.2. The summed E-state index contributed by atoms with van der Waals surface area (Å²) in [5.41, 5.74) is 1.94. The van der Waals surface area contributed by atoms with Gasteiger partial charge in [0.15, 0.2) is 5.69 Å². The van der Waals surface area contributed by atoms with Crippen molar-refractivity contribution < 1.29 is 9.53 Å². The third-order valence-electron chi connectivity index (χ3n) is 3.31. The molecule has 0 radical (unpaired) electrons. The van der Waals surface area contributed by atoms with Gasteiger partial charge in [-0.05, 0) is 17.7 Å². The Morgan fingerprint density at radius 1 is 1.13 bits per heavy atom. The molecule has 0 bridgehead atoms. The van der Waals surface area contributed by atoms with E-state index in [0.717, 1.165) is 5.56 Å². The molecule has 0 aliphatic heterocycles. The normalized spacial score (nSPS) is 10.3. The number of methoxy groups -OCH3 is 1. The molecule has 0 spiro atoms. The molecule has 0 saturated heterocycles. The van der Waals surface area contributed by atoms with E-state index in [-0.39, 0.29) is 11.6 Å². The number of anilines is 1. The number of ether oxygens (including phenoxy) is 1. The van der Waals surface area contributed by atoms with Crippen LogP contribution in [0.4, 0.5) is 5.69 Å². The Balaban J connectivity index is 1.71. The second-order valence-electron chi connectivity index (χ2n) is 4.94. The van der Waals surface area contributed by atoms with Crippen molar-refractivity contribution in [2.75, 3.05) is 12.4 Å². The Bertz CT molecular complexity index is 799. The molecule has 0 saturated carbocycles. The summed E-state index contributed by atoms with van der Waals surface area (Å²) in [7, 11) is 1.56. The monoisotopic (exact) mass is 308 g/mol. The highest BCUT2D eigenvalue weighted by molar-refractivity contribution is 6.03. The van der Waals surface area contributed by atoms with Gasteiger partial charge in [-0.3, -0.25) is 4.79 Å². The van der Waals surface area contributed by atoms with E-state index >= 15 is 0 Å². The first kappa shape index (κ1) is 14.8. The fraction of sp³-hybridized carbons (Fsp3) is 0.118. The average Bonchev–Trinajstić information content (AvgIpc) is 3.05. The van der Waals surface area contributed by atoms with E-state index in [1.165, 1.54) is 0 Å². The number of nitrogens with one attached hydrogen (secondary N) is 1. The Labute approximate surface area is 133 Å². The van der Waals surface area contributed by atoms with Crippen LogP contribution in [0.15, 0.2) is 60.8 Å². The third-order valence-corrected chi connectivity index (χ3v) is 3.31. The van der Waals surface area contributed by atoms with Gasteiger partial charge < -0.3 is 10.1 Å². The standard InChI is InChI=1S/C17H16N4O2/c1-23-16-10-6-5-9-14(16)18-17(22)15-12-21(20-19-15)11-13-7-3-2-4-8-13/h2-10,12H,11H2,1H3,(H,18,22). The maximum atomic E-state index is 12.3. The molecule has 6 nitrogen and oxygen atoms in total. The minimum absolute atomic E-state index is 0.256. The number of nitrogens with zero attached hydrogens (tertiary/aromatic N) is 3. The minimum atomic E-state index is -0.325. The lowest BCUT2D eigenvalue weighted by molar-refractivity contribution is 0.102. The second-order valence-corrected chi connectivity index (χ2v) is 4.94. The quantitative estimate of drug-likeness (QED) is 0.786. The van der Waals surface area contributed by atoms with E-state index in [9.17, 15) is 4.79 Å². The fourth-order valence-electron chi connectivity index (χ4n) is 2.18. The van der Waals surface area contributed by atoms with Crippen molar-refractivity contribution in [1.82, 2.24) is 15.0 Å². The van der Waals surface area contributed by atoms with E-state index in [4.69, 9.17) is 4.74 Å². The summed E-state index contributed by atoms with van der Waals surface area (Å²) in [5.74, 6) is 0.270. The first-order valence-corrected chi connectivity index (χ1v) is 7.14. The number of hydrogen-bond donors (Lipinski definition) is 1. The first-order valence-electron chi connectivity index (χ1n) is 7.14. The molecule has 6 heteroatoms. The smallest absolute Gasteiger partial charge is 0.277 e. The van der Waals surface area contributed by atoms with Crippen molar-refractivity contribution >= 4 is 11.6 Å². The Morgan fingerprint density at radius 2 is 1.87 bits per heavy atom. The zero-order valence-electron chi connectivity index (χ0n) is 12.6. The third kappa shape index (κ3) is 3.55. The SMILES string of the molecule is COc1ccccc1NC(=O)c1cn(Cc2ccccc2)nn1. The lowest BCUT2D eigenvalue weighted by Crippen LogP contribution is -2.13. The summed E-state index contributed by atoms with van der Waals surface area (Å²) in [6.45, 7) is 0.565. The Hall–Kier alpha value is -3.15. The van der Waals surface area contributed by atoms with Gasteiger partial charge in [0.2, 0.25) is 0 Å². The minimum Gasteiger partial charge on any atom is -0.495 e. The molecule has 1 heterocycles. The molecular weight excluding hydrogens is 292 g/mol. The van der Waals surface area contributed by atoms with Crippen molar-refractivity contribution in [1.29, 1.82) is 0 Å². The molecule has 2 aromatic carbocycles. The summed E-state index contributed by atoms with van der Waals surface area (Å²) in [4.78, 5) is 12.3. The zero-order chi connectivity index (χ0) is 16.1. The second kappa shape index (κ2) is 6.74. The summed E-state index contributed by atoms with van der Waals surface area (Å²) in [6.07, 6.45) is 1.62. The molecule has 0 fully saturated rings. The van der Waals surface area contributed by atoms with Crippen molar-refractivity contribution in [2.24, 2.45) is 0 Å². The summed E-state index contributed by atoms with van der Waals surface area (Å²) in [6, 6.07) is 17.1. The predicted octanol–water partition coefficient (Wildman–Crippen LogP) is 2.59. The summed E-state index contributed by atoms with van der Waals surface area (Å²) < 4.78 is 6.84. The summed E-state index contributed by atoms with van der Waals surface area (Å²) in [5, 5.41) is 10.7. The topological polar surface area (TPSA) is 69.0 Å². The maximum absolute atomic E-state index is 12.3. The number of aromatic nitrogens is 3. The highest BCUT2D eigenvalue weighted by Crippen LogP contribution is 2.23. The van der Waals surface area contributed by atoms with Gasteiger partial charge in [0, 0.05) is 0 Å². The molecular formula is C17H16N4O2. The van der Waals surface area contributed by atoms with Gasteiger partial charge in [0.1, 0.15) is 5.75 Å². The largest absolute Gasteiger partial charge is 0.495 e. The van der Waals surface area contributed by atoms with E-state index in [1.54, 1.807) is 30.1 Å². The number of carbonyl (C=O) groups is 1. The van der Waals surface area contributed by atoms with E-state index in [0.29, 0.717) is 18.0 Å². The van der Waals surface area contributed by atoms with Crippen molar-refractivity contribution in [3.05, 3.63) is 72.1 Å². The highest BCUT2D eigenvalue weighted by atomic mass is 16.5. The number of hydrogen-bond acceptors (Lipinski definition) is 4. The van der Waals surface area contributed by atoms with Gasteiger partial charge in [0.25, 0.3) is 5.91 Å². The predicted molar refractivity (Wildman–Crippen MR) is 86.5 cm³/mol. The van der Waals surface area contributed by atoms with Gasteiger partial charge in [-0.15, -0.1) is 5.10 Å². The van der Waals surface area contributed by atoms with Crippen LogP contribution in [0, 0.1) is 0 Å². The molecule has 1 N–H and O–H groups in total. The molecule has 0 atom stereocenters. The molecule has 3 rings (SSSR count). The van der Waals surface area contributed by atoms with Gasteiger partial charge >= 0.3 is 0 Å². The molecule has 3 aromatic rings. The van der Waals surface area contributed by atoms with E-state index < -0.39 is 0 Å². The van der Waals surface area contributed by atoms with Crippen LogP contribution in [-0.2, 0) is 6.54 Å². The zero-order valence-corrected chi connectivity index (χ0v) is 12.6. The van der Waals surface area contributed by atoms with Crippen molar-refractivity contribution in [3.8, 4) is 5.75 Å². The molecule has 116 valence electrons. The number of amides is 1. The lowest BCUT2D eigenvalue weighted by Gasteiger charge is -2.08. The Kier molecular flexibility index (Phi) is 4.33. The van der Waals surface area contributed by atoms with Crippen LogP contribution >= 0.6 is 0 Å². The first-order chi connectivity index (χ1) is 11.3. The molecule has 1 amide bonds. The van der Waals surface area contributed by atoms with E-state index in [2.05, 4.69) is 15.6 Å². The molecule has 0 unspecified atom stereocenters. The highest BCUT2D eigenvalue weighted by Gasteiger charge is 2.13. The van der Waals surface area contributed by atoms with Crippen LogP contribution in [0.3, 0.4) is 0 Å². The maximum Gasteiger partial charge on any atom is 0.277 e. The van der Waals surface area contributed by atoms with Crippen LogP contribution in [0.25, 0.3) is 0 Å². The number of rotatable bonds is 5.